The molecule has 0 radical (unpaired) electrons. The first kappa shape index (κ1) is 43.7. The number of ether oxygens (including phenoxy) is 2. The van der Waals surface area contributed by atoms with Gasteiger partial charge in [0.25, 0.3) is 0 Å². The molecular weight excluding hydrogens is 865 g/mol. The monoisotopic (exact) mass is 922 g/mol. The van der Waals surface area contributed by atoms with Crippen LogP contribution in [0.3, 0.4) is 0 Å². The Morgan fingerprint density at radius 1 is 0.353 bits per heavy atom. The van der Waals surface area contributed by atoms with Crippen LogP contribution in [0.15, 0.2) is 194 Å². The molecule has 0 amide bonds. The van der Waals surface area contributed by atoms with Crippen LogP contribution in [0.5, 0.6) is 23.0 Å². The Labute approximate surface area is 403 Å². The molecule has 4 nitrogen and oxygen atoms in total. The van der Waals surface area contributed by atoms with Crippen molar-refractivity contribution in [1.29, 1.82) is 0 Å². The number of hydrogen-bond acceptors (Lipinski definition) is 4. The van der Waals surface area contributed by atoms with Crippen LogP contribution in [0.1, 0.15) is 86.8 Å². The Morgan fingerprint density at radius 2 is 0.647 bits per heavy atom. The van der Waals surface area contributed by atoms with E-state index < -0.39 is 16.6 Å². The van der Waals surface area contributed by atoms with Crippen LogP contribution in [0.2, 0.25) is 10.1 Å². The van der Waals surface area contributed by atoms with Gasteiger partial charge in [0.2, 0.25) is 0 Å². The normalized spacial score (nSPS) is 15.4. The lowest BCUT2D eigenvalue weighted by molar-refractivity contribution is 0.388. The fraction of sp³-hybridized carbons (Fsp3) is 0.194. The Bertz CT molecular complexity index is 3040. The van der Waals surface area contributed by atoms with E-state index in [0.29, 0.717) is 0 Å². The van der Waals surface area contributed by atoms with E-state index in [-0.39, 0.29) is 21.9 Å². The summed E-state index contributed by atoms with van der Waals surface area (Å²) in [5.74, 6) is 2.92. The summed E-state index contributed by atoms with van der Waals surface area (Å²) < 4.78 is 30.0. The molecule has 9 aromatic carbocycles. The second-order valence-corrected chi connectivity index (χ2v) is 29.0. The molecule has 12 rings (SSSR count). The van der Waals surface area contributed by atoms with Crippen LogP contribution in [-0.4, -0.2) is 30.9 Å². The Morgan fingerprint density at radius 3 is 0.941 bits per heavy atom. The van der Waals surface area contributed by atoms with Crippen LogP contribution in [0.4, 0.5) is 0 Å². The van der Waals surface area contributed by atoms with Gasteiger partial charge in [0.1, 0.15) is 23.0 Å². The topological polar surface area (TPSA) is 36.9 Å². The predicted molar refractivity (Wildman–Crippen MR) is 286 cm³/mol. The molecule has 2 atom stereocenters. The average molecular weight is 923 g/mol. The predicted octanol–water partition coefficient (Wildman–Crippen LogP) is 12.9. The van der Waals surface area contributed by atoms with Crippen molar-refractivity contribution in [2.45, 2.75) is 63.5 Å². The highest BCUT2D eigenvalue weighted by molar-refractivity contribution is 7.00. The number of fused-ring (bicyclic) bond motifs is 2. The average Bonchev–Trinajstić information content (AvgIpc) is 3.36. The van der Waals surface area contributed by atoms with Gasteiger partial charge in [0.15, 0.2) is 0 Å². The van der Waals surface area contributed by atoms with Crippen LogP contribution >= 0.6 is 0 Å². The molecule has 0 N–H and O–H groups in total. The molecule has 2 unspecified atom stereocenters. The zero-order chi connectivity index (χ0) is 47.0. The number of hydrogen-bond donors (Lipinski definition) is 0. The molecule has 68 heavy (non-hydrogen) atoms. The van der Waals surface area contributed by atoms with Crippen molar-refractivity contribution >= 4 is 58.9 Å². The van der Waals surface area contributed by atoms with Crippen molar-refractivity contribution in [3.05, 3.63) is 228 Å². The molecule has 0 aromatic heterocycles. The van der Waals surface area contributed by atoms with Gasteiger partial charge in [-0.25, -0.2) is 0 Å². The molecular formula is C62H58O4Si2. The van der Waals surface area contributed by atoms with Crippen molar-refractivity contribution in [2.75, 3.05) is 14.2 Å². The van der Waals surface area contributed by atoms with E-state index in [2.05, 4.69) is 236 Å². The van der Waals surface area contributed by atoms with E-state index in [4.69, 9.17) is 18.3 Å². The molecule has 0 spiro atoms. The number of benzene rings is 9. The van der Waals surface area contributed by atoms with Crippen molar-refractivity contribution in [2.24, 2.45) is 0 Å². The third-order valence-corrected chi connectivity index (χ3v) is 24.7. The van der Waals surface area contributed by atoms with E-state index in [1.54, 1.807) is 14.2 Å². The summed E-state index contributed by atoms with van der Waals surface area (Å²) in [6.45, 7) is 14.2. The molecule has 0 heterocycles. The van der Waals surface area contributed by atoms with Crippen LogP contribution in [0, 0.1) is 0 Å². The number of methoxy groups -OCH3 is 2. The molecule has 3 aliphatic rings. The summed E-state index contributed by atoms with van der Waals surface area (Å²) in [6, 6.07) is 70.8. The molecule has 2 bridgehead atoms. The lowest BCUT2D eigenvalue weighted by Crippen LogP contribution is -2.69. The smallest absolute Gasteiger partial charge is 0.319 e. The Balaban J connectivity index is 1.37. The third-order valence-electron chi connectivity index (χ3n) is 14.9. The van der Waals surface area contributed by atoms with E-state index in [1.165, 1.54) is 31.9 Å². The SMILES string of the molecule is COc1ccc(OC)c2c1C1c3ccccc3C2c2c1c(O[Si](c1ccccc1)(c1ccccc1)C(C)(C)C)c1cc3ccccc3cc1c2O[Si](c1ccccc1)(c1ccccc1)C(C)(C)C. The van der Waals surface area contributed by atoms with Crippen molar-refractivity contribution < 1.29 is 18.3 Å². The van der Waals surface area contributed by atoms with Gasteiger partial charge in [-0.1, -0.05) is 211 Å². The molecule has 0 saturated heterocycles. The summed E-state index contributed by atoms with van der Waals surface area (Å²) in [4.78, 5) is 0. The van der Waals surface area contributed by atoms with Crippen LogP contribution < -0.4 is 39.1 Å². The maximum absolute atomic E-state index is 8.56. The first-order valence-electron chi connectivity index (χ1n) is 23.9. The van der Waals surface area contributed by atoms with Crippen LogP contribution in [0.25, 0.3) is 21.5 Å². The lowest BCUT2D eigenvalue weighted by Gasteiger charge is -2.49. The summed E-state index contributed by atoms with van der Waals surface area (Å²) in [5, 5.41) is 8.60. The maximum Gasteiger partial charge on any atom is 0.319 e. The minimum Gasteiger partial charge on any atom is -0.533 e. The molecule has 0 saturated carbocycles. The molecule has 3 aliphatic carbocycles. The van der Waals surface area contributed by atoms with Gasteiger partial charge < -0.3 is 18.3 Å². The van der Waals surface area contributed by atoms with Crippen LogP contribution in [-0.2, 0) is 0 Å². The van der Waals surface area contributed by atoms with Gasteiger partial charge in [0.05, 0.1) is 14.2 Å². The van der Waals surface area contributed by atoms with Gasteiger partial charge >= 0.3 is 16.6 Å². The summed E-state index contributed by atoms with van der Waals surface area (Å²) in [7, 11) is -2.96. The van der Waals surface area contributed by atoms with Crippen molar-refractivity contribution in [3.8, 4) is 23.0 Å². The Kier molecular flexibility index (Phi) is 10.6. The highest BCUT2D eigenvalue weighted by Gasteiger charge is 2.57. The molecule has 338 valence electrons. The fourth-order valence-corrected chi connectivity index (χ4v) is 21.0. The Hall–Kier alpha value is -6.87. The van der Waals surface area contributed by atoms with Gasteiger partial charge in [-0.05, 0) is 77.0 Å². The summed E-state index contributed by atoms with van der Waals surface area (Å²) in [6.07, 6.45) is 0. The van der Waals surface area contributed by atoms with Gasteiger partial charge in [-0.3, -0.25) is 0 Å². The van der Waals surface area contributed by atoms with Gasteiger partial charge in [-0.15, -0.1) is 0 Å². The lowest BCUT2D eigenvalue weighted by atomic mass is 9.59. The molecule has 0 aliphatic heterocycles. The maximum atomic E-state index is 8.56. The zero-order valence-electron chi connectivity index (χ0n) is 40.3. The first-order valence-corrected chi connectivity index (χ1v) is 27.7. The quantitative estimate of drug-likeness (QED) is 0.101. The van der Waals surface area contributed by atoms with Gasteiger partial charge in [-0.2, -0.15) is 0 Å². The molecule has 6 heteroatoms. The zero-order valence-corrected chi connectivity index (χ0v) is 42.3. The van der Waals surface area contributed by atoms with E-state index >= 15 is 0 Å². The largest absolute Gasteiger partial charge is 0.533 e. The highest BCUT2D eigenvalue weighted by atomic mass is 28.4. The minimum absolute atomic E-state index is 0.281. The summed E-state index contributed by atoms with van der Waals surface area (Å²) >= 11 is 0. The van der Waals surface area contributed by atoms with Gasteiger partial charge in [0, 0.05) is 44.9 Å². The minimum atomic E-state index is -3.27. The molecule has 9 aromatic rings. The fourth-order valence-electron chi connectivity index (χ4n) is 12.0. The second kappa shape index (κ2) is 16.4. The van der Waals surface area contributed by atoms with Crippen molar-refractivity contribution in [1.82, 2.24) is 0 Å². The summed E-state index contributed by atoms with van der Waals surface area (Å²) in [5.41, 5.74) is 6.99. The van der Waals surface area contributed by atoms with E-state index in [0.717, 1.165) is 66.8 Å². The second-order valence-electron chi connectivity index (χ2n) is 20.6. The molecule has 0 fully saturated rings. The van der Waals surface area contributed by atoms with E-state index in [9.17, 15) is 0 Å². The number of rotatable bonds is 10. The van der Waals surface area contributed by atoms with E-state index in [1.807, 2.05) is 0 Å². The third kappa shape index (κ3) is 6.44. The standard InChI is InChI=1S/C62H58O4Si2/c1-61(2,3)67(43-27-13-9-14-28-43,44-29-15-10-16-30-44)65-59-49-39-41-25-21-22-26-42(41)40-50(49)60(66-68(62(4,5)6,45-31-17-11-18-32-45)46-33-19-12-20-34-46)58-54-48-36-24-23-35-47(48)53(57(58)59)55-51(63-7)37-38-52(64-8)56(54)55/h9-40,53-54H,1-8H3. The first-order chi connectivity index (χ1) is 32.9. The highest BCUT2D eigenvalue weighted by Crippen LogP contribution is 2.66. The van der Waals surface area contributed by atoms with Crippen molar-refractivity contribution in [3.63, 3.8) is 0 Å².